The molecular weight excluding hydrogens is 174 g/mol. The summed E-state index contributed by atoms with van der Waals surface area (Å²) in [4.78, 5) is 0. The van der Waals surface area contributed by atoms with Gasteiger partial charge in [0.2, 0.25) is 0 Å². The van der Waals surface area contributed by atoms with Crippen molar-refractivity contribution in [3.63, 3.8) is 0 Å². The third-order valence-corrected chi connectivity index (χ3v) is 3.08. The Morgan fingerprint density at radius 2 is 2.00 bits per heavy atom. The Labute approximate surface area is 85.5 Å². The predicted octanol–water partition coefficient (Wildman–Crippen LogP) is 2.47. The fourth-order valence-corrected chi connectivity index (χ4v) is 2.25. The lowest BCUT2D eigenvalue weighted by Crippen LogP contribution is -2.29. The number of aromatic nitrogens is 3. The first-order valence-corrected chi connectivity index (χ1v) is 5.46. The maximum Gasteiger partial charge on any atom is 0.138 e. The topological polar surface area (TPSA) is 30.7 Å². The molecule has 0 radical (unpaired) electrons. The molecule has 1 aliphatic heterocycles. The first-order chi connectivity index (χ1) is 6.52. The summed E-state index contributed by atoms with van der Waals surface area (Å²) >= 11 is 0. The van der Waals surface area contributed by atoms with Crippen molar-refractivity contribution in [1.82, 2.24) is 14.8 Å². The van der Waals surface area contributed by atoms with Gasteiger partial charge in [0.15, 0.2) is 0 Å². The Balaban J connectivity index is 2.48. The molecule has 2 heterocycles. The van der Waals surface area contributed by atoms with Gasteiger partial charge in [-0.1, -0.05) is 27.7 Å². The van der Waals surface area contributed by atoms with E-state index in [2.05, 4.69) is 42.5 Å². The van der Waals surface area contributed by atoms with Crippen molar-refractivity contribution in [3.05, 3.63) is 11.6 Å². The van der Waals surface area contributed by atoms with Crippen LogP contribution < -0.4 is 0 Å². The summed E-state index contributed by atoms with van der Waals surface area (Å²) < 4.78 is 2.31. The van der Waals surface area contributed by atoms with Crippen molar-refractivity contribution in [2.75, 3.05) is 0 Å². The molecule has 0 atom stereocenters. The summed E-state index contributed by atoms with van der Waals surface area (Å²) in [7, 11) is 0. The molecule has 0 unspecified atom stereocenters. The van der Waals surface area contributed by atoms with E-state index in [1.54, 1.807) is 0 Å². The Morgan fingerprint density at radius 3 is 2.64 bits per heavy atom. The molecule has 3 heteroatoms. The standard InChI is InChI=1S/C11H19N3/c1-8(2)9-12-13-10-11(3,4)6-5-7-14(9)10/h8H,5-7H2,1-4H3. The molecule has 0 saturated carbocycles. The molecule has 3 nitrogen and oxygen atoms in total. The average Bonchev–Trinajstić information content (AvgIpc) is 2.48. The smallest absolute Gasteiger partial charge is 0.138 e. The van der Waals surface area contributed by atoms with Gasteiger partial charge in [-0.3, -0.25) is 0 Å². The maximum atomic E-state index is 4.34. The van der Waals surface area contributed by atoms with Crippen LogP contribution in [0.25, 0.3) is 0 Å². The molecule has 0 aliphatic carbocycles. The lowest BCUT2D eigenvalue weighted by atomic mass is 9.84. The van der Waals surface area contributed by atoms with E-state index in [0.29, 0.717) is 5.92 Å². The van der Waals surface area contributed by atoms with E-state index in [0.717, 1.165) is 12.4 Å². The molecule has 0 amide bonds. The first-order valence-electron chi connectivity index (χ1n) is 5.46. The molecule has 0 aromatic carbocycles. The molecule has 0 bridgehead atoms. The van der Waals surface area contributed by atoms with Gasteiger partial charge in [-0.15, -0.1) is 10.2 Å². The normalized spacial score (nSPS) is 19.8. The van der Waals surface area contributed by atoms with E-state index in [-0.39, 0.29) is 5.41 Å². The van der Waals surface area contributed by atoms with Crippen molar-refractivity contribution in [2.24, 2.45) is 0 Å². The van der Waals surface area contributed by atoms with Crippen LogP contribution in [0.15, 0.2) is 0 Å². The van der Waals surface area contributed by atoms with Gasteiger partial charge in [0, 0.05) is 17.9 Å². The van der Waals surface area contributed by atoms with Crippen molar-refractivity contribution >= 4 is 0 Å². The number of rotatable bonds is 1. The number of hydrogen-bond donors (Lipinski definition) is 0. The number of fused-ring (bicyclic) bond motifs is 1. The van der Waals surface area contributed by atoms with Crippen molar-refractivity contribution < 1.29 is 0 Å². The monoisotopic (exact) mass is 193 g/mol. The summed E-state index contributed by atoms with van der Waals surface area (Å²) in [6.07, 6.45) is 2.47. The minimum absolute atomic E-state index is 0.207. The maximum absolute atomic E-state index is 4.34. The molecule has 0 fully saturated rings. The van der Waals surface area contributed by atoms with E-state index >= 15 is 0 Å². The first kappa shape index (κ1) is 9.69. The Bertz CT molecular complexity index is 336. The van der Waals surface area contributed by atoms with Gasteiger partial charge >= 0.3 is 0 Å². The zero-order chi connectivity index (χ0) is 10.3. The second-order valence-corrected chi connectivity index (χ2v) is 5.18. The van der Waals surface area contributed by atoms with Gasteiger partial charge in [-0.05, 0) is 12.8 Å². The minimum atomic E-state index is 0.207. The summed E-state index contributed by atoms with van der Waals surface area (Å²) in [5.41, 5.74) is 0.207. The van der Waals surface area contributed by atoms with Gasteiger partial charge < -0.3 is 4.57 Å². The average molecular weight is 193 g/mol. The van der Waals surface area contributed by atoms with Crippen LogP contribution in [0.4, 0.5) is 0 Å². The van der Waals surface area contributed by atoms with Crippen LogP contribution in [-0.4, -0.2) is 14.8 Å². The van der Waals surface area contributed by atoms with Gasteiger partial charge in [-0.25, -0.2) is 0 Å². The molecule has 0 saturated heterocycles. The quantitative estimate of drug-likeness (QED) is 0.686. The predicted molar refractivity (Wildman–Crippen MR) is 56.4 cm³/mol. The van der Waals surface area contributed by atoms with Crippen molar-refractivity contribution in [1.29, 1.82) is 0 Å². The summed E-state index contributed by atoms with van der Waals surface area (Å²) in [5.74, 6) is 2.80. The highest BCUT2D eigenvalue weighted by molar-refractivity contribution is 5.11. The summed E-state index contributed by atoms with van der Waals surface area (Å²) in [6, 6.07) is 0. The fraction of sp³-hybridized carbons (Fsp3) is 0.818. The zero-order valence-electron chi connectivity index (χ0n) is 9.54. The van der Waals surface area contributed by atoms with E-state index in [1.807, 2.05) is 0 Å². The van der Waals surface area contributed by atoms with Gasteiger partial charge in [0.1, 0.15) is 11.6 Å². The zero-order valence-corrected chi connectivity index (χ0v) is 9.54. The van der Waals surface area contributed by atoms with E-state index in [1.165, 1.54) is 18.7 Å². The third kappa shape index (κ3) is 1.35. The summed E-state index contributed by atoms with van der Waals surface area (Å²) in [5, 5.41) is 8.65. The molecule has 14 heavy (non-hydrogen) atoms. The summed E-state index contributed by atoms with van der Waals surface area (Å²) in [6.45, 7) is 9.98. The molecule has 0 N–H and O–H groups in total. The molecule has 1 aliphatic rings. The Kier molecular flexibility index (Phi) is 2.13. The molecule has 78 valence electrons. The van der Waals surface area contributed by atoms with Crippen LogP contribution in [-0.2, 0) is 12.0 Å². The fourth-order valence-electron chi connectivity index (χ4n) is 2.25. The third-order valence-electron chi connectivity index (χ3n) is 3.08. The highest BCUT2D eigenvalue weighted by atomic mass is 15.3. The van der Waals surface area contributed by atoms with Crippen LogP contribution >= 0.6 is 0 Å². The highest BCUT2D eigenvalue weighted by Crippen LogP contribution is 2.33. The number of nitrogens with zero attached hydrogens (tertiary/aromatic N) is 3. The van der Waals surface area contributed by atoms with Gasteiger partial charge in [0.05, 0.1) is 0 Å². The molecule has 1 aromatic rings. The van der Waals surface area contributed by atoms with Crippen LogP contribution in [0.1, 0.15) is 58.1 Å². The van der Waals surface area contributed by atoms with Crippen molar-refractivity contribution in [3.8, 4) is 0 Å². The Morgan fingerprint density at radius 1 is 1.29 bits per heavy atom. The van der Waals surface area contributed by atoms with E-state index < -0.39 is 0 Å². The molecule has 0 spiro atoms. The van der Waals surface area contributed by atoms with Crippen molar-refractivity contribution in [2.45, 2.75) is 58.4 Å². The highest BCUT2D eigenvalue weighted by Gasteiger charge is 2.32. The largest absolute Gasteiger partial charge is 0.314 e. The molecule has 1 aromatic heterocycles. The lowest BCUT2D eigenvalue weighted by Gasteiger charge is -2.30. The second-order valence-electron chi connectivity index (χ2n) is 5.18. The van der Waals surface area contributed by atoms with Gasteiger partial charge in [0.25, 0.3) is 0 Å². The van der Waals surface area contributed by atoms with Gasteiger partial charge in [-0.2, -0.15) is 0 Å². The SMILES string of the molecule is CC(C)c1nnc2n1CCCC2(C)C. The van der Waals surface area contributed by atoms with Crippen LogP contribution in [0.3, 0.4) is 0 Å². The number of hydrogen-bond acceptors (Lipinski definition) is 2. The van der Waals surface area contributed by atoms with Crippen LogP contribution in [0.5, 0.6) is 0 Å². The Hall–Kier alpha value is -0.860. The molecule has 2 rings (SSSR count). The van der Waals surface area contributed by atoms with E-state index in [4.69, 9.17) is 0 Å². The second kappa shape index (κ2) is 3.07. The molecular formula is C11H19N3. The van der Waals surface area contributed by atoms with Crippen LogP contribution in [0.2, 0.25) is 0 Å². The lowest BCUT2D eigenvalue weighted by molar-refractivity contribution is 0.345. The minimum Gasteiger partial charge on any atom is -0.314 e. The van der Waals surface area contributed by atoms with E-state index in [9.17, 15) is 0 Å². The van der Waals surface area contributed by atoms with Crippen LogP contribution in [0, 0.1) is 0 Å².